The van der Waals surface area contributed by atoms with Gasteiger partial charge in [-0.05, 0) is 37.0 Å². The maximum Gasteiger partial charge on any atom is 0.270 e. The van der Waals surface area contributed by atoms with Crippen molar-refractivity contribution in [2.45, 2.75) is 25.4 Å². The molecule has 0 bridgehead atoms. The molecule has 1 aliphatic rings. The Balaban J connectivity index is 1.51. The molecule has 0 saturated carbocycles. The molecule has 8 heteroatoms. The summed E-state index contributed by atoms with van der Waals surface area (Å²) in [4.78, 5) is 20.5. The van der Waals surface area contributed by atoms with E-state index in [0.29, 0.717) is 36.1 Å². The molecule has 28 heavy (non-hydrogen) atoms. The molecule has 1 atom stereocenters. The van der Waals surface area contributed by atoms with E-state index >= 15 is 0 Å². The van der Waals surface area contributed by atoms with E-state index in [1.807, 2.05) is 18.2 Å². The summed E-state index contributed by atoms with van der Waals surface area (Å²) < 4.78 is 16.1. The lowest BCUT2D eigenvalue weighted by molar-refractivity contribution is 0.0853. The SMILES string of the molecule is COc1ccc(CCNc2cc(C(=O)NCC3CCCO3)ncn2)cc1OC. The van der Waals surface area contributed by atoms with Gasteiger partial charge in [-0.15, -0.1) is 0 Å². The molecular weight excluding hydrogens is 360 g/mol. The Morgan fingerprint density at radius 2 is 2.07 bits per heavy atom. The summed E-state index contributed by atoms with van der Waals surface area (Å²) in [6.45, 7) is 1.93. The van der Waals surface area contributed by atoms with Crippen molar-refractivity contribution in [3.8, 4) is 11.5 Å². The number of rotatable bonds is 9. The first-order valence-corrected chi connectivity index (χ1v) is 9.36. The maximum absolute atomic E-state index is 12.3. The van der Waals surface area contributed by atoms with Crippen molar-refractivity contribution in [1.82, 2.24) is 15.3 Å². The van der Waals surface area contributed by atoms with Crippen molar-refractivity contribution in [3.63, 3.8) is 0 Å². The number of nitrogens with one attached hydrogen (secondary N) is 2. The third-order valence-electron chi connectivity index (χ3n) is 4.58. The fourth-order valence-corrected chi connectivity index (χ4v) is 3.05. The van der Waals surface area contributed by atoms with E-state index in [9.17, 15) is 4.79 Å². The van der Waals surface area contributed by atoms with Crippen LogP contribution in [-0.4, -0.2) is 55.9 Å². The van der Waals surface area contributed by atoms with E-state index < -0.39 is 0 Å². The molecule has 1 aliphatic heterocycles. The first-order chi connectivity index (χ1) is 13.7. The second kappa shape index (κ2) is 9.89. The lowest BCUT2D eigenvalue weighted by Gasteiger charge is -2.11. The molecule has 1 unspecified atom stereocenters. The van der Waals surface area contributed by atoms with Crippen LogP contribution in [0.25, 0.3) is 0 Å². The number of hydrogen-bond acceptors (Lipinski definition) is 7. The Labute approximate surface area is 164 Å². The minimum Gasteiger partial charge on any atom is -0.493 e. The second-order valence-electron chi connectivity index (χ2n) is 6.50. The molecule has 0 spiro atoms. The monoisotopic (exact) mass is 386 g/mol. The van der Waals surface area contributed by atoms with Crippen LogP contribution in [0.5, 0.6) is 11.5 Å². The molecule has 1 amide bonds. The van der Waals surface area contributed by atoms with E-state index in [0.717, 1.165) is 31.4 Å². The first kappa shape index (κ1) is 19.9. The molecule has 2 aromatic rings. The molecule has 0 radical (unpaired) electrons. The molecule has 1 aromatic carbocycles. The van der Waals surface area contributed by atoms with Gasteiger partial charge in [-0.2, -0.15) is 0 Å². The average Bonchev–Trinajstić information content (AvgIpc) is 3.25. The largest absolute Gasteiger partial charge is 0.493 e. The van der Waals surface area contributed by atoms with Gasteiger partial charge in [0.1, 0.15) is 17.8 Å². The highest BCUT2D eigenvalue weighted by atomic mass is 16.5. The van der Waals surface area contributed by atoms with Crippen molar-refractivity contribution in [2.75, 3.05) is 39.2 Å². The fourth-order valence-electron chi connectivity index (χ4n) is 3.05. The molecule has 3 rings (SSSR count). The maximum atomic E-state index is 12.3. The molecule has 0 aliphatic carbocycles. The van der Waals surface area contributed by atoms with Crippen molar-refractivity contribution < 1.29 is 19.0 Å². The van der Waals surface area contributed by atoms with Crippen molar-refractivity contribution in [2.24, 2.45) is 0 Å². The predicted octanol–water partition coefficient (Wildman–Crippen LogP) is 2.06. The van der Waals surface area contributed by atoms with Crippen LogP contribution in [0.4, 0.5) is 5.82 Å². The third kappa shape index (κ3) is 5.32. The third-order valence-corrected chi connectivity index (χ3v) is 4.58. The highest BCUT2D eigenvalue weighted by Gasteiger charge is 2.17. The summed E-state index contributed by atoms with van der Waals surface area (Å²) in [6.07, 6.45) is 4.28. The summed E-state index contributed by atoms with van der Waals surface area (Å²) in [7, 11) is 3.23. The highest BCUT2D eigenvalue weighted by Crippen LogP contribution is 2.27. The lowest BCUT2D eigenvalue weighted by Crippen LogP contribution is -2.32. The number of benzene rings is 1. The van der Waals surface area contributed by atoms with E-state index in [1.165, 1.54) is 6.33 Å². The molecule has 1 saturated heterocycles. The smallest absolute Gasteiger partial charge is 0.270 e. The van der Waals surface area contributed by atoms with Gasteiger partial charge in [-0.25, -0.2) is 9.97 Å². The molecule has 2 N–H and O–H groups in total. The van der Waals surface area contributed by atoms with Gasteiger partial charge in [0.25, 0.3) is 5.91 Å². The Morgan fingerprint density at radius 3 is 2.82 bits per heavy atom. The van der Waals surface area contributed by atoms with Crippen LogP contribution in [0.1, 0.15) is 28.9 Å². The number of amides is 1. The average molecular weight is 386 g/mol. The zero-order valence-corrected chi connectivity index (χ0v) is 16.2. The molecule has 8 nitrogen and oxygen atoms in total. The zero-order chi connectivity index (χ0) is 19.8. The molecule has 2 heterocycles. The number of methoxy groups -OCH3 is 2. The molecule has 1 fully saturated rings. The Morgan fingerprint density at radius 1 is 1.21 bits per heavy atom. The van der Waals surface area contributed by atoms with Gasteiger partial charge in [0.05, 0.1) is 20.3 Å². The van der Waals surface area contributed by atoms with Crippen LogP contribution < -0.4 is 20.1 Å². The van der Waals surface area contributed by atoms with Gasteiger partial charge >= 0.3 is 0 Å². The Kier molecular flexibility index (Phi) is 7.02. The van der Waals surface area contributed by atoms with E-state index in [-0.39, 0.29) is 12.0 Å². The highest BCUT2D eigenvalue weighted by molar-refractivity contribution is 5.92. The van der Waals surface area contributed by atoms with Gasteiger partial charge in [0.2, 0.25) is 0 Å². The summed E-state index contributed by atoms with van der Waals surface area (Å²) in [6, 6.07) is 7.48. The Bertz CT molecular complexity index is 794. The van der Waals surface area contributed by atoms with Crippen LogP contribution in [0.3, 0.4) is 0 Å². The van der Waals surface area contributed by atoms with Crippen LogP contribution in [-0.2, 0) is 11.2 Å². The van der Waals surface area contributed by atoms with Crippen molar-refractivity contribution in [3.05, 3.63) is 41.9 Å². The summed E-state index contributed by atoms with van der Waals surface area (Å²) in [5, 5.41) is 6.09. The van der Waals surface area contributed by atoms with Crippen LogP contribution in [0.2, 0.25) is 0 Å². The number of aromatic nitrogens is 2. The van der Waals surface area contributed by atoms with Crippen LogP contribution in [0, 0.1) is 0 Å². The Hall–Kier alpha value is -2.87. The van der Waals surface area contributed by atoms with Gasteiger partial charge in [0.15, 0.2) is 11.5 Å². The number of ether oxygens (including phenoxy) is 3. The summed E-state index contributed by atoms with van der Waals surface area (Å²) in [5.41, 5.74) is 1.44. The van der Waals surface area contributed by atoms with Crippen molar-refractivity contribution in [1.29, 1.82) is 0 Å². The van der Waals surface area contributed by atoms with E-state index in [1.54, 1.807) is 20.3 Å². The zero-order valence-electron chi connectivity index (χ0n) is 16.2. The molecular formula is C20H26N4O4. The number of nitrogens with zero attached hydrogens (tertiary/aromatic N) is 2. The number of carbonyl (C=O) groups excluding carboxylic acids is 1. The van der Waals surface area contributed by atoms with Crippen LogP contribution in [0.15, 0.2) is 30.6 Å². The number of carbonyl (C=O) groups is 1. The molecule has 150 valence electrons. The topological polar surface area (TPSA) is 94.6 Å². The first-order valence-electron chi connectivity index (χ1n) is 9.36. The predicted molar refractivity (Wildman–Crippen MR) is 105 cm³/mol. The van der Waals surface area contributed by atoms with Gasteiger partial charge in [-0.3, -0.25) is 4.79 Å². The summed E-state index contributed by atoms with van der Waals surface area (Å²) >= 11 is 0. The molecule has 1 aromatic heterocycles. The fraction of sp³-hybridized carbons (Fsp3) is 0.450. The van der Waals surface area contributed by atoms with Gasteiger partial charge in [-0.1, -0.05) is 6.07 Å². The van der Waals surface area contributed by atoms with Gasteiger partial charge < -0.3 is 24.8 Å². The van der Waals surface area contributed by atoms with Gasteiger partial charge in [0, 0.05) is 25.8 Å². The van der Waals surface area contributed by atoms with Crippen LogP contribution >= 0.6 is 0 Å². The summed E-state index contributed by atoms with van der Waals surface area (Å²) in [5.74, 6) is 1.79. The number of anilines is 1. The normalized spacial score (nSPS) is 15.9. The van der Waals surface area contributed by atoms with E-state index in [2.05, 4.69) is 20.6 Å². The minimum absolute atomic E-state index is 0.102. The standard InChI is InChI=1S/C20H26N4O4/c1-26-17-6-5-14(10-18(17)27-2)7-8-21-19-11-16(23-13-24-19)20(25)22-12-15-4-3-9-28-15/h5-6,10-11,13,15H,3-4,7-9,12H2,1-2H3,(H,22,25)(H,21,23,24). The van der Waals surface area contributed by atoms with E-state index in [4.69, 9.17) is 14.2 Å². The number of hydrogen-bond donors (Lipinski definition) is 2. The quantitative estimate of drug-likeness (QED) is 0.681. The van der Waals surface area contributed by atoms with Crippen molar-refractivity contribution >= 4 is 11.7 Å². The second-order valence-corrected chi connectivity index (χ2v) is 6.50. The lowest BCUT2D eigenvalue weighted by atomic mass is 10.1. The minimum atomic E-state index is -0.221.